The van der Waals surface area contributed by atoms with Gasteiger partial charge in [-0.25, -0.2) is 0 Å². The van der Waals surface area contributed by atoms with E-state index in [1.165, 1.54) is 11.9 Å². The summed E-state index contributed by atoms with van der Waals surface area (Å²) in [6.45, 7) is 0.510. The molecule has 6 heteroatoms. The van der Waals surface area contributed by atoms with Crippen LogP contribution in [0, 0.1) is 0 Å². The molecule has 0 aliphatic carbocycles. The Labute approximate surface area is 173 Å². The first-order valence-corrected chi connectivity index (χ1v) is 10.0. The van der Waals surface area contributed by atoms with Crippen molar-refractivity contribution in [3.05, 3.63) is 84.6 Å². The fourth-order valence-electron chi connectivity index (χ4n) is 2.96. The maximum absolute atomic E-state index is 10.2. The van der Waals surface area contributed by atoms with Gasteiger partial charge in [0, 0.05) is 28.1 Å². The molecule has 0 bridgehead atoms. The molecule has 0 spiro atoms. The summed E-state index contributed by atoms with van der Waals surface area (Å²) in [6, 6.07) is 23.7. The predicted molar refractivity (Wildman–Crippen MR) is 120 cm³/mol. The Hall–Kier alpha value is -3.38. The summed E-state index contributed by atoms with van der Waals surface area (Å²) in [5.74, 6) is 0.646. The lowest BCUT2D eigenvalue weighted by atomic mass is 10.2. The minimum Gasteiger partial charge on any atom is -0.504 e. The Bertz CT molecular complexity index is 1120. The van der Waals surface area contributed by atoms with E-state index >= 15 is 0 Å². The van der Waals surface area contributed by atoms with E-state index in [4.69, 9.17) is 4.74 Å². The third-order valence-corrected chi connectivity index (χ3v) is 5.36. The highest BCUT2D eigenvalue weighted by atomic mass is 32.2. The molecular weight excluding hydrogens is 382 g/mol. The molecule has 0 amide bonds. The van der Waals surface area contributed by atoms with Crippen molar-refractivity contribution in [2.24, 2.45) is 0 Å². The fourth-order valence-corrected chi connectivity index (χ4v) is 3.58. The number of nitrogens with one attached hydrogen (secondary N) is 2. The molecule has 1 heterocycles. The SMILES string of the molecule is COc1cccc(CNc2ccc(SNc3cnc4ccccc4c3)cc2)c1O. The Morgan fingerprint density at radius 3 is 2.62 bits per heavy atom. The van der Waals surface area contributed by atoms with Gasteiger partial charge in [-0.1, -0.05) is 30.3 Å². The number of phenols is 1. The molecule has 5 nitrogen and oxygen atoms in total. The maximum Gasteiger partial charge on any atom is 0.162 e. The highest BCUT2D eigenvalue weighted by Crippen LogP contribution is 2.30. The number of nitrogens with zero attached hydrogens (tertiary/aromatic N) is 1. The summed E-state index contributed by atoms with van der Waals surface area (Å²) in [5, 5.41) is 14.6. The number of para-hydroxylation sites is 2. The largest absolute Gasteiger partial charge is 0.504 e. The molecule has 3 aromatic carbocycles. The molecule has 4 aromatic rings. The molecule has 0 aliphatic heterocycles. The number of anilines is 2. The van der Waals surface area contributed by atoms with Crippen molar-refractivity contribution < 1.29 is 9.84 Å². The summed E-state index contributed by atoms with van der Waals surface area (Å²) in [6.07, 6.45) is 1.84. The molecule has 0 saturated heterocycles. The van der Waals surface area contributed by atoms with Crippen molar-refractivity contribution in [1.82, 2.24) is 4.98 Å². The Morgan fingerprint density at radius 1 is 0.966 bits per heavy atom. The zero-order chi connectivity index (χ0) is 20.1. The highest BCUT2D eigenvalue weighted by Gasteiger charge is 2.07. The van der Waals surface area contributed by atoms with Crippen molar-refractivity contribution in [2.75, 3.05) is 17.1 Å². The number of aromatic nitrogens is 1. The van der Waals surface area contributed by atoms with Crippen molar-refractivity contribution in [1.29, 1.82) is 0 Å². The zero-order valence-electron chi connectivity index (χ0n) is 15.9. The molecule has 4 rings (SSSR count). The van der Waals surface area contributed by atoms with Gasteiger partial charge in [0.25, 0.3) is 0 Å². The number of hydrogen-bond donors (Lipinski definition) is 3. The molecule has 1 aromatic heterocycles. The van der Waals surface area contributed by atoms with Crippen LogP contribution >= 0.6 is 11.9 Å². The molecule has 146 valence electrons. The third-order valence-electron chi connectivity index (χ3n) is 4.52. The minimum atomic E-state index is 0.169. The van der Waals surface area contributed by atoms with Crippen LogP contribution in [-0.4, -0.2) is 17.2 Å². The number of ether oxygens (including phenoxy) is 1. The smallest absolute Gasteiger partial charge is 0.162 e. The van der Waals surface area contributed by atoms with E-state index in [0.717, 1.165) is 32.7 Å². The van der Waals surface area contributed by atoms with Gasteiger partial charge in [0.1, 0.15) is 0 Å². The summed E-state index contributed by atoms with van der Waals surface area (Å²) < 4.78 is 8.49. The molecule has 0 unspecified atom stereocenters. The standard InChI is InChI=1S/C23H21N3O2S/c1-28-22-8-4-6-17(23(22)27)14-24-18-9-11-20(12-10-18)29-26-19-13-16-5-2-3-7-21(16)25-15-19/h2-13,15,24,26-27H,14H2,1H3. The minimum absolute atomic E-state index is 0.169. The van der Waals surface area contributed by atoms with Crippen LogP contribution in [0.1, 0.15) is 5.56 Å². The lowest BCUT2D eigenvalue weighted by molar-refractivity contribution is 0.371. The molecule has 0 aliphatic rings. The molecular formula is C23H21N3O2S. The fraction of sp³-hybridized carbons (Fsp3) is 0.0870. The molecule has 3 N–H and O–H groups in total. The van der Waals surface area contributed by atoms with Crippen LogP contribution < -0.4 is 14.8 Å². The number of hydrogen-bond acceptors (Lipinski definition) is 6. The average molecular weight is 404 g/mol. The van der Waals surface area contributed by atoms with E-state index in [2.05, 4.69) is 27.2 Å². The van der Waals surface area contributed by atoms with Crippen LogP contribution in [0.2, 0.25) is 0 Å². The van der Waals surface area contributed by atoms with Gasteiger partial charge < -0.3 is 19.9 Å². The molecule has 0 radical (unpaired) electrons. The van der Waals surface area contributed by atoms with Crippen LogP contribution in [0.15, 0.2) is 83.9 Å². The second-order valence-corrected chi connectivity index (χ2v) is 7.35. The summed E-state index contributed by atoms with van der Waals surface area (Å²) in [7, 11) is 1.55. The number of aromatic hydroxyl groups is 1. The second-order valence-electron chi connectivity index (χ2n) is 6.47. The van der Waals surface area contributed by atoms with Crippen LogP contribution in [0.5, 0.6) is 11.5 Å². The second kappa shape index (κ2) is 8.75. The van der Waals surface area contributed by atoms with Crippen molar-refractivity contribution in [3.8, 4) is 11.5 Å². The van der Waals surface area contributed by atoms with Crippen molar-refractivity contribution in [3.63, 3.8) is 0 Å². The van der Waals surface area contributed by atoms with Crippen LogP contribution in [0.25, 0.3) is 10.9 Å². The Balaban J connectivity index is 1.35. The van der Waals surface area contributed by atoms with Gasteiger partial charge in [0.05, 0.1) is 24.5 Å². The summed E-state index contributed by atoms with van der Waals surface area (Å²) >= 11 is 1.54. The highest BCUT2D eigenvalue weighted by molar-refractivity contribution is 8.00. The third kappa shape index (κ3) is 4.55. The normalized spacial score (nSPS) is 10.7. The average Bonchev–Trinajstić information content (AvgIpc) is 2.77. The van der Waals surface area contributed by atoms with Gasteiger partial charge in [-0.15, -0.1) is 0 Å². The van der Waals surface area contributed by atoms with E-state index in [9.17, 15) is 5.11 Å². The number of methoxy groups -OCH3 is 1. The van der Waals surface area contributed by atoms with Gasteiger partial charge in [-0.05, 0) is 54.4 Å². The maximum atomic E-state index is 10.2. The summed E-state index contributed by atoms with van der Waals surface area (Å²) in [4.78, 5) is 5.56. The summed E-state index contributed by atoms with van der Waals surface area (Å²) in [5.41, 5.74) is 3.71. The zero-order valence-corrected chi connectivity index (χ0v) is 16.7. The molecule has 0 atom stereocenters. The Kier molecular flexibility index (Phi) is 5.72. The van der Waals surface area contributed by atoms with E-state index in [1.807, 2.05) is 60.8 Å². The van der Waals surface area contributed by atoms with Crippen LogP contribution in [0.3, 0.4) is 0 Å². The predicted octanol–water partition coefficient (Wildman–Crippen LogP) is 5.68. The van der Waals surface area contributed by atoms with Crippen LogP contribution in [-0.2, 0) is 6.54 Å². The first-order chi connectivity index (χ1) is 14.2. The van der Waals surface area contributed by atoms with Crippen molar-refractivity contribution in [2.45, 2.75) is 11.4 Å². The van der Waals surface area contributed by atoms with Gasteiger partial charge in [-0.2, -0.15) is 0 Å². The van der Waals surface area contributed by atoms with Gasteiger partial charge in [0.15, 0.2) is 11.5 Å². The monoisotopic (exact) mass is 403 g/mol. The Morgan fingerprint density at radius 2 is 1.79 bits per heavy atom. The van der Waals surface area contributed by atoms with Crippen LogP contribution in [0.4, 0.5) is 11.4 Å². The van der Waals surface area contributed by atoms with E-state index in [-0.39, 0.29) is 5.75 Å². The van der Waals surface area contributed by atoms with E-state index < -0.39 is 0 Å². The van der Waals surface area contributed by atoms with E-state index in [1.54, 1.807) is 13.2 Å². The van der Waals surface area contributed by atoms with Gasteiger partial charge in [0.2, 0.25) is 0 Å². The van der Waals surface area contributed by atoms with Crippen molar-refractivity contribution >= 4 is 34.2 Å². The lowest BCUT2D eigenvalue weighted by Gasteiger charge is -2.11. The van der Waals surface area contributed by atoms with Gasteiger partial charge >= 0.3 is 0 Å². The number of benzene rings is 3. The first-order valence-electron chi connectivity index (χ1n) is 9.19. The number of pyridine rings is 1. The first kappa shape index (κ1) is 19.0. The van der Waals surface area contributed by atoms with E-state index in [0.29, 0.717) is 12.3 Å². The lowest BCUT2D eigenvalue weighted by Crippen LogP contribution is -2.00. The molecule has 0 fully saturated rings. The topological polar surface area (TPSA) is 66.4 Å². The molecule has 0 saturated carbocycles. The number of rotatable bonds is 7. The number of fused-ring (bicyclic) bond motifs is 1. The quantitative estimate of drug-likeness (QED) is 0.345. The van der Waals surface area contributed by atoms with Gasteiger partial charge in [-0.3, -0.25) is 4.98 Å². The molecule has 29 heavy (non-hydrogen) atoms. The number of phenolic OH excluding ortho intramolecular Hbond substituents is 1.